The number of benzene rings is 1. The molecule has 108 valence electrons. The summed E-state index contributed by atoms with van der Waals surface area (Å²) in [5.41, 5.74) is 7.83. The number of halogens is 1. The van der Waals surface area contributed by atoms with Crippen LogP contribution in [0.4, 0.5) is 11.4 Å². The van der Waals surface area contributed by atoms with Gasteiger partial charge in [0, 0.05) is 17.8 Å². The molecule has 0 aromatic heterocycles. The molecule has 5 nitrogen and oxygen atoms in total. The van der Waals surface area contributed by atoms with Gasteiger partial charge in [-0.15, -0.1) is 12.4 Å². The van der Waals surface area contributed by atoms with Gasteiger partial charge in [0.05, 0.1) is 5.54 Å². The molecule has 1 saturated carbocycles. The van der Waals surface area contributed by atoms with Crippen LogP contribution >= 0.6 is 12.4 Å². The Hall–Kier alpha value is -1.59. The van der Waals surface area contributed by atoms with Gasteiger partial charge in [0.25, 0.3) is 0 Å². The van der Waals surface area contributed by atoms with Crippen molar-refractivity contribution >= 4 is 35.6 Å². The third-order valence-corrected chi connectivity index (χ3v) is 3.73. The van der Waals surface area contributed by atoms with Crippen molar-refractivity contribution in [2.75, 3.05) is 10.6 Å². The van der Waals surface area contributed by atoms with Crippen LogP contribution in [0.1, 0.15) is 31.2 Å². The number of hydrogen-bond donors (Lipinski definition) is 3. The van der Waals surface area contributed by atoms with E-state index in [0.29, 0.717) is 6.42 Å². The fourth-order valence-corrected chi connectivity index (χ4v) is 2.27. The summed E-state index contributed by atoms with van der Waals surface area (Å²) in [5, 5.41) is 5.72. The van der Waals surface area contributed by atoms with E-state index in [2.05, 4.69) is 10.6 Å². The SMILES string of the molecule is Cl.NC1(C(=O)Nc2ccc3c(c2)CCCC(=O)N3)CC1. The van der Waals surface area contributed by atoms with Crippen molar-refractivity contribution in [1.82, 2.24) is 0 Å². The summed E-state index contributed by atoms with van der Waals surface area (Å²) < 4.78 is 0. The minimum atomic E-state index is -0.666. The fourth-order valence-electron chi connectivity index (χ4n) is 2.27. The van der Waals surface area contributed by atoms with Gasteiger partial charge in [-0.05, 0) is 49.4 Å². The number of nitrogens with one attached hydrogen (secondary N) is 2. The largest absolute Gasteiger partial charge is 0.326 e. The van der Waals surface area contributed by atoms with Gasteiger partial charge in [0.1, 0.15) is 0 Å². The zero-order valence-corrected chi connectivity index (χ0v) is 11.9. The highest BCUT2D eigenvalue weighted by Crippen LogP contribution is 2.34. The Morgan fingerprint density at radius 1 is 1.30 bits per heavy atom. The van der Waals surface area contributed by atoms with Crippen molar-refractivity contribution in [2.24, 2.45) is 5.73 Å². The Balaban J connectivity index is 0.00000147. The zero-order chi connectivity index (χ0) is 13.5. The Bertz CT molecular complexity index is 555. The van der Waals surface area contributed by atoms with E-state index in [4.69, 9.17) is 5.73 Å². The number of anilines is 2. The van der Waals surface area contributed by atoms with Crippen molar-refractivity contribution in [2.45, 2.75) is 37.6 Å². The second-order valence-corrected chi connectivity index (χ2v) is 5.38. The monoisotopic (exact) mass is 295 g/mol. The standard InChI is InChI=1S/C14H17N3O2.ClH/c15-14(6-7-14)13(19)16-10-4-5-11-9(8-10)2-1-3-12(18)17-11;/h4-5,8H,1-3,6-7,15H2,(H,16,19)(H,17,18);1H. The van der Waals surface area contributed by atoms with E-state index in [0.717, 1.165) is 42.6 Å². The molecule has 0 spiro atoms. The summed E-state index contributed by atoms with van der Waals surface area (Å²) in [7, 11) is 0. The molecule has 20 heavy (non-hydrogen) atoms. The predicted octanol–water partition coefficient (Wildman–Crippen LogP) is 1.81. The Kier molecular flexibility index (Phi) is 4.01. The molecule has 0 bridgehead atoms. The molecule has 6 heteroatoms. The van der Waals surface area contributed by atoms with E-state index < -0.39 is 5.54 Å². The second kappa shape index (κ2) is 5.42. The first-order valence-corrected chi connectivity index (χ1v) is 6.60. The van der Waals surface area contributed by atoms with Crippen molar-refractivity contribution in [3.8, 4) is 0 Å². The Morgan fingerprint density at radius 2 is 2.05 bits per heavy atom. The van der Waals surface area contributed by atoms with Gasteiger partial charge in [-0.25, -0.2) is 0 Å². The number of rotatable bonds is 2. The highest BCUT2D eigenvalue weighted by atomic mass is 35.5. The molecule has 0 radical (unpaired) electrons. The summed E-state index contributed by atoms with van der Waals surface area (Å²) >= 11 is 0. The lowest BCUT2D eigenvalue weighted by Gasteiger charge is -2.13. The van der Waals surface area contributed by atoms with E-state index in [-0.39, 0.29) is 24.2 Å². The highest BCUT2D eigenvalue weighted by Gasteiger charge is 2.45. The van der Waals surface area contributed by atoms with Gasteiger partial charge < -0.3 is 16.4 Å². The number of carbonyl (C=O) groups is 2. The van der Waals surface area contributed by atoms with Crippen molar-refractivity contribution in [3.05, 3.63) is 23.8 Å². The van der Waals surface area contributed by atoms with E-state index in [1.165, 1.54) is 0 Å². The molecule has 1 aliphatic heterocycles. The van der Waals surface area contributed by atoms with E-state index in [1.807, 2.05) is 12.1 Å². The first kappa shape index (κ1) is 14.8. The molecular formula is C14H18ClN3O2. The highest BCUT2D eigenvalue weighted by molar-refractivity contribution is 6.00. The molecule has 1 fully saturated rings. The van der Waals surface area contributed by atoms with Gasteiger partial charge in [0.15, 0.2) is 0 Å². The van der Waals surface area contributed by atoms with Crippen molar-refractivity contribution in [3.63, 3.8) is 0 Å². The maximum atomic E-state index is 11.9. The van der Waals surface area contributed by atoms with Crippen LogP contribution in [0.15, 0.2) is 18.2 Å². The average molecular weight is 296 g/mol. The van der Waals surface area contributed by atoms with Crippen LogP contribution in [0.25, 0.3) is 0 Å². The van der Waals surface area contributed by atoms with E-state index >= 15 is 0 Å². The molecule has 2 amide bonds. The maximum absolute atomic E-state index is 11.9. The van der Waals surface area contributed by atoms with Crippen LogP contribution in [0.5, 0.6) is 0 Å². The van der Waals surface area contributed by atoms with Gasteiger partial charge >= 0.3 is 0 Å². The first-order chi connectivity index (χ1) is 9.07. The molecule has 1 aromatic rings. The number of fused-ring (bicyclic) bond motifs is 1. The third-order valence-electron chi connectivity index (χ3n) is 3.73. The third kappa shape index (κ3) is 2.94. The minimum Gasteiger partial charge on any atom is -0.326 e. The van der Waals surface area contributed by atoms with Crippen LogP contribution in [-0.2, 0) is 16.0 Å². The predicted molar refractivity (Wildman–Crippen MR) is 80.0 cm³/mol. The normalized spacial score (nSPS) is 18.9. The minimum absolute atomic E-state index is 0. The van der Waals surface area contributed by atoms with Crippen molar-refractivity contribution in [1.29, 1.82) is 0 Å². The number of hydrogen-bond acceptors (Lipinski definition) is 3. The summed E-state index contributed by atoms with van der Waals surface area (Å²) in [6, 6.07) is 5.56. The summed E-state index contributed by atoms with van der Waals surface area (Å²) in [4.78, 5) is 23.3. The van der Waals surface area contributed by atoms with E-state index in [1.54, 1.807) is 6.07 Å². The Labute approximate surface area is 123 Å². The number of aryl methyl sites for hydroxylation is 1. The second-order valence-electron chi connectivity index (χ2n) is 5.38. The molecule has 2 aliphatic rings. The van der Waals surface area contributed by atoms with Gasteiger partial charge in [-0.3, -0.25) is 9.59 Å². The summed E-state index contributed by atoms with van der Waals surface area (Å²) in [5.74, 6) is -0.0699. The number of nitrogens with two attached hydrogens (primary N) is 1. The quantitative estimate of drug-likeness (QED) is 0.778. The zero-order valence-electron chi connectivity index (χ0n) is 11.1. The molecule has 3 rings (SSSR count). The smallest absolute Gasteiger partial charge is 0.244 e. The van der Waals surface area contributed by atoms with Crippen LogP contribution in [0, 0.1) is 0 Å². The Morgan fingerprint density at radius 3 is 2.75 bits per heavy atom. The van der Waals surface area contributed by atoms with Crippen LogP contribution in [0.2, 0.25) is 0 Å². The van der Waals surface area contributed by atoms with Crippen LogP contribution < -0.4 is 16.4 Å². The molecule has 0 unspecified atom stereocenters. The molecule has 1 aromatic carbocycles. The number of amides is 2. The van der Waals surface area contributed by atoms with Crippen molar-refractivity contribution < 1.29 is 9.59 Å². The summed E-state index contributed by atoms with van der Waals surface area (Å²) in [6.45, 7) is 0. The van der Waals surface area contributed by atoms with Gasteiger partial charge in [-0.2, -0.15) is 0 Å². The topological polar surface area (TPSA) is 84.2 Å². The summed E-state index contributed by atoms with van der Waals surface area (Å²) in [6.07, 6.45) is 3.71. The van der Waals surface area contributed by atoms with Gasteiger partial charge in [-0.1, -0.05) is 0 Å². The fraction of sp³-hybridized carbons (Fsp3) is 0.429. The van der Waals surface area contributed by atoms with Gasteiger partial charge in [0.2, 0.25) is 11.8 Å². The molecule has 4 N–H and O–H groups in total. The molecule has 0 saturated heterocycles. The molecular weight excluding hydrogens is 278 g/mol. The lowest BCUT2D eigenvalue weighted by molar-refractivity contribution is -0.118. The lowest BCUT2D eigenvalue weighted by atomic mass is 10.1. The van der Waals surface area contributed by atoms with Crippen LogP contribution in [0.3, 0.4) is 0 Å². The van der Waals surface area contributed by atoms with E-state index in [9.17, 15) is 9.59 Å². The first-order valence-electron chi connectivity index (χ1n) is 6.60. The molecule has 1 heterocycles. The molecule has 1 aliphatic carbocycles. The maximum Gasteiger partial charge on any atom is 0.244 e. The average Bonchev–Trinajstić information content (AvgIpc) is 3.13. The lowest BCUT2D eigenvalue weighted by Crippen LogP contribution is -2.37. The van der Waals surface area contributed by atoms with Crippen LogP contribution in [-0.4, -0.2) is 17.4 Å². The number of carbonyl (C=O) groups excluding carboxylic acids is 2. The molecule has 0 atom stereocenters.